The Morgan fingerprint density at radius 2 is 2.00 bits per heavy atom. The molecule has 2 heterocycles. The highest BCUT2D eigenvalue weighted by Crippen LogP contribution is 2.13. The third kappa shape index (κ3) is 2.25. The number of carbonyl (C=O) groups excluding carboxylic acids is 1. The molecule has 0 unspecified atom stereocenters. The van der Waals surface area contributed by atoms with Gasteiger partial charge in [-0.15, -0.1) is 0 Å². The minimum atomic E-state index is -0.452. The van der Waals surface area contributed by atoms with Gasteiger partial charge in [-0.1, -0.05) is 30.3 Å². The quantitative estimate of drug-likeness (QED) is 0.829. The van der Waals surface area contributed by atoms with Gasteiger partial charge in [-0.25, -0.2) is 4.79 Å². The van der Waals surface area contributed by atoms with Gasteiger partial charge in [0.1, 0.15) is 5.69 Å². The van der Waals surface area contributed by atoms with Crippen molar-refractivity contribution in [2.45, 2.75) is 12.6 Å². The predicted molar refractivity (Wildman–Crippen MR) is 72.5 cm³/mol. The van der Waals surface area contributed by atoms with Crippen LogP contribution in [0.3, 0.4) is 0 Å². The molecule has 1 fully saturated rings. The lowest BCUT2D eigenvalue weighted by Crippen LogP contribution is -2.54. The number of aliphatic hydroxyl groups is 1. The monoisotopic (exact) mass is 273 g/mol. The van der Waals surface area contributed by atoms with Gasteiger partial charge < -0.3 is 15.0 Å². The van der Waals surface area contributed by atoms with Crippen molar-refractivity contribution in [1.29, 1.82) is 0 Å². The first-order chi connectivity index (χ1) is 9.65. The molecule has 1 aliphatic rings. The Labute approximate surface area is 115 Å². The van der Waals surface area contributed by atoms with Crippen molar-refractivity contribution < 1.29 is 9.90 Å². The third-order valence-electron chi connectivity index (χ3n) is 3.42. The number of nitrogens with one attached hydrogen (secondary N) is 1. The van der Waals surface area contributed by atoms with Crippen LogP contribution in [0.15, 0.2) is 41.3 Å². The van der Waals surface area contributed by atoms with Gasteiger partial charge in [0, 0.05) is 19.3 Å². The first-order valence-corrected chi connectivity index (χ1v) is 6.44. The van der Waals surface area contributed by atoms with E-state index in [0.717, 1.165) is 5.56 Å². The molecule has 2 N–H and O–H groups in total. The van der Waals surface area contributed by atoms with E-state index < -0.39 is 6.10 Å². The van der Waals surface area contributed by atoms with Crippen molar-refractivity contribution in [3.8, 4) is 0 Å². The summed E-state index contributed by atoms with van der Waals surface area (Å²) in [6, 6.07) is 9.49. The molecule has 0 atom stereocenters. The second-order valence-corrected chi connectivity index (χ2v) is 4.91. The summed E-state index contributed by atoms with van der Waals surface area (Å²) in [5.41, 5.74) is 0.968. The maximum absolute atomic E-state index is 12.2. The third-order valence-corrected chi connectivity index (χ3v) is 3.42. The van der Waals surface area contributed by atoms with Crippen molar-refractivity contribution in [2.24, 2.45) is 0 Å². The standard InChI is InChI=1S/C14H15N3O3/c18-11-8-16(9-11)13(19)12-6-15-14(20)17(12)7-10-4-2-1-3-5-10/h1-6,11,18H,7-9H2,(H,15,20). The predicted octanol–water partition coefficient (Wildman–Crippen LogP) is 0.0414. The first kappa shape index (κ1) is 12.7. The van der Waals surface area contributed by atoms with E-state index in [2.05, 4.69) is 4.98 Å². The molecule has 0 saturated carbocycles. The Morgan fingerprint density at radius 3 is 2.65 bits per heavy atom. The average Bonchev–Trinajstić information content (AvgIpc) is 2.77. The van der Waals surface area contributed by atoms with Crippen LogP contribution in [0.5, 0.6) is 0 Å². The zero-order valence-electron chi connectivity index (χ0n) is 10.8. The van der Waals surface area contributed by atoms with Crippen LogP contribution in [0.25, 0.3) is 0 Å². The number of rotatable bonds is 3. The van der Waals surface area contributed by atoms with Gasteiger partial charge in [0.15, 0.2) is 0 Å². The van der Waals surface area contributed by atoms with Crippen LogP contribution >= 0.6 is 0 Å². The van der Waals surface area contributed by atoms with E-state index in [-0.39, 0.29) is 11.6 Å². The van der Waals surface area contributed by atoms with E-state index in [9.17, 15) is 14.7 Å². The van der Waals surface area contributed by atoms with Crippen molar-refractivity contribution >= 4 is 5.91 Å². The summed E-state index contributed by atoms with van der Waals surface area (Å²) in [5, 5.41) is 9.25. The Kier molecular flexibility index (Phi) is 3.15. The number of aliphatic hydroxyl groups excluding tert-OH is 1. The van der Waals surface area contributed by atoms with Crippen LogP contribution < -0.4 is 5.69 Å². The van der Waals surface area contributed by atoms with Crippen molar-refractivity contribution in [2.75, 3.05) is 13.1 Å². The second kappa shape index (κ2) is 4.97. The van der Waals surface area contributed by atoms with Crippen LogP contribution in [0, 0.1) is 0 Å². The van der Waals surface area contributed by atoms with Gasteiger partial charge in [0.05, 0.1) is 12.6 Å². The summed E-state index contributed by atoms with van der Waals surface area (Å²) in [6.07, 6.45) is 0.977. The van der Waals surface area contributed by atoms with Crippen LogP contribution in [0.1, 0.15) is 16.1 Å². The highest BCUT2D eigenvalue weighted by molar-refractivity contribution is 5.93. The SMILES string of the molecule is O=C(c1c[nH]c(=O)n1Cc1ccccc1)N1CC(O)C1. The van der Waals surface area contributed by atoms with E-state index in [1.165, 1.54) is 15.7 Å². The van der Waals surface area contributed by atoms with Crippen LogP contribution in [-0.4, -0.2) is 44.7 Å². The Hall–Kier alpha value is -2.34. The van der Waals surface area contributed by atoms with Crippen LogP contribution in [0.4, 0.5) is 0 Å². The highest BCUT2D eigenvalue weighted by Gasteiger charge is 2.31. The molecule has 3 rings (SSSR count). The van der Waals surface area contributed by atoms with Gasteiger partial charge in [0.25, 0.3) is 5.91 Å². The number of hydrogen-bond acceptors (Lipinski definition) is 3. The number of β-amino-alcohol motifs (C(OH)–C–C–N with tert-alkyl or cyclic N) is 1. The van der Waals surface area contributed by atoms with Crippen molar-refractivity contribution in [3.63, 3.8) is 0 Å². The average molecular weight is 273 g/mol. The topological polar surface area (TPSA) is 78.3 Å². The molecule has 1 amide bonds. The van der Waals surface area contributed by atoms with Crippen molar-refractivity contribution in [1.82, 2.24) is 14.5 Å². The molecule has 1 aromatic carbocycles. The second-order valence-electron chi connectivity index (χ2n) is 4.91. The Balaban J connectivity index is 1.86. The molecule has 0 bridgehead atoms. The molecule has 1 aliphatic heterocycles. The Morgan fingerprint density at radius 1 is 1.30 bits per heavy atom. The van der Waals surface area contributed by atoms with E-state index in [1.54, 1.807) is 0 Å². The molecule has 104 valence electrons. The molecule has 2 aromatic rings. The smallest absolute Gasteiger partial charge is 0.326 e. The zero-order chi connectivity index (χ0) is 14.1. The number of amides is 1. The fourth-order valence-electron chi connectivity index (χ4n) is 2.28. The number of nitrogens with zero attached hydrogens (tertiary/aromatic N) is 2. The lowest BCUT2D eigenvalue weighted by molar-refractivity contribution is 0.00519. The molecule has 1 aromatic heterocycles. The number of hydrogen-bond donors (Lipinski definition) is 2. The lowest BCUT2D eigenvalue weighted by atomic mass is 10.1. The normalized spacial score (nSPS) is 15.2. The molecule has 0 spiro atoms. The van der Waals surface area contributed by atoms with Gasteiger partial charge >= 0.3 is 5.69 Å². The van der Waals surface area contributed by atoms with E-state index in [0.29, 0.717) is 25.3 Å². The molecule has 6 nitrogen and oxygen atoms in total. The molecular formula is C14H15N3O3. The highest BCUT2D eigenvalue weighted by atomic mass is 16.3. The number of H-pyrrole nitrogens is 1. The lowest BCUT2D eigenvalue weighted by Gasteiger charge is -2.35. The van der Waals surface area contributed by atoms with Gasteiger partial charge in [0.2, 0.25) is 0 Å². The van der Waals surface area contributed by atoms with E-state index in [1.807, 2.05) is 30.3 Å². The maximum atomic E-state index is 12.2. The fraction of sp³-hybridized carbons (Fsp3) is 0.286. The summed E-state index contributed by atoms with van der Waals surface area (Å²) in [6.45, 7) is 0.994. The van der Waals surface area contributed by atoms with Crippen LogP contribution in [-0.2, 0) is 6.54 Å². The molecule has 20 heavy (non-hydrogen) atoms. The Bertz CT molecular complexity index is 668. The first-order valence-electron chi connectivity index (χ1n) is 6.44. The summed E-state index contributed by atoms with van der Waals surface area (Å²) in [7, 11) is 0. The fourth-order valence-corrected chi connectivity index (χ4v) is 2.28. The van der Waals surface area contributed by atoms with Gasteiger partial charge in [-0.3, -0.25) is 9.36 Å². The maximum Gasteiger partial charge on any atom is 0.326 e. The summed E-state index contributed by atoms with van der Waals surface area (Å²) in [5.74, 6) is -0.232. The summed E-state index contributed by atoms with van der Waals surface area (Å²) >= 11 is 0. The largest absolute Gasteiger partial charge is 0.389 e. The number of likely N-dealkylation sites (tertiary alicyclic amines) is 1. The summed E-state index contributed by atoms with van der Waals surface area (Å²) in [4.78, 5) is 28.1. The number of aromatic amines is 1. The van der Waals surface area contributed by atoms with E-state index in [4.69, 9.17) is 0 Å². The van der Waals surface area contributed by atoms with Crippen molar-refractivity contribution in [3.05, 3.63) is 58.3 Å². The molecular weight excluding hydrogens is 258 g/mol. The van der Waals surface area contributed by atoms with Gasteiger partial charge in [-0.05, 0) is 5.56 Å². The minimum absolute atomic E-state index is 0.232. The molecule has 0 radical (unpaired) electrons. The minimum Gasteiger partial charge on any atom is -0.389 e. The number of carbonyl (C=O) groups is 1. The molecule has 0 aliphatic carbocycles. The summed E-state index contributed by atoms with van der Waals surface area (Å²) < 4.78 is 1.42. The number of imidazole rings is 1. The number of benzene rings is 1. The number of aromatic nitrogens is 2. The van der Waals surface area contributed by atoms with E-state index >= 15 is 0 Å². The van der Waals surface area contributed by atoms with Gasteiger partial charge in [-0.2, -0.15) is 0 Å². The molecule has 1 saturated heterocycles. The molecule has 6 heteroatoms. The zero-order valence-corrected chi connectivity index (χ0v) is 10.8. The van der Waals surface area contributed by atoms with Crippen LogP contribution in [0.2, 0.25) is 0 Å².